The van der Waals surface area contributed by atoms with Crippen LogP contribution in [0.2, 0.25) is 0 Å². The van der Waals surface area contributed by atoms with Crippen molar-refractivity contribution in [1.29, 1.82) is 0 Å². The van der Waals surface area contributed by atoms with Gasteiger partial charge in [0.15, 0.2) is 11.5 Å². The molecule has 0 bridgehead atoms. The van der Waals surface area contributed by atoms with E-state index in [0.717, 1.165) is 12.8 Å². The summed E-state index contributed by atoms with van der Waals surface area (Å²) in [6.07, 6.45) is 3.62. The van der Waals surface area contributed by atoms with E-state index in [1.54, 1.807) is 6.42 Å². The van der Waals surface area contributed by atoms with Crippen LogP contribution in [0.1, 0.15) is 33.5 Å². The average Bonchev–Trinajstić information content (AvgIpc) is 2.26. The minimum Gasteiger partial charge on any atom is -0.504 e. The molecule has 1 aliphatic carbocycles. The fourth-order valence-electron chi connectivity index (χ4n) is 1.83. The second-order valence-corrected chi connectivity index (χ2v) is 3.73. The molecular formula is C12H16NO2. The largest absolute Gasteiger partial charge is 0.504 e. The van der Waals surface area contributed by atoms with Gasteiger partial charge in [0.2, 0.25) is 0 Å². The van der Waals surface area contributed by atoms with Gasteiger partial charge in [-0.2, -0.15) is 0 Å². The second-order valence-electron chi connectivity index (χ2n) is 3.73. The SMILES string of the molecule is [2H]C1(N)[CH]CCCC1([2H])c1ccc(O)c(O)c1. The van der Waals surface area contributed by atoms with E-state index in [2.05, 4.69) is 0 Å². The molecule has 1 aromatic rings. The Balaban J connectivity index is 2.45. The molecule has 0 aromatic heterocycles. The van der Waals surface area contributed by atoms with Crippen LogP contribution in [0.25, 0.3) is 0 Å². The van der Waals surface area contributed by atoms with E-state index in [0.29, 0.717) is 12.0 Å². The van der Waals surface area contributed by atoms with Crippen molar-refractivity contribution in [2.24, 2.45) is 5.73 Å². The van der Waals surface area contributed by atoms with Gasteiger partial charge in [-0.3, -0.25) is 0 Å². The first kappa shape index (κ1) is 7.99. The Kier molecular flexibility index (Phi) is 2.19. The van der Waals surface area contributed by atoms with Crippen molar-refractivity contribution in [2.75, 3.05) is 0 Å². The van der Waals surface area contributed by atoms with Crippen LogP contribution in [-0.4, -0.2) is 16.2 Å². The molecule has 1 saturated carbocycles. The zero-order valence-corrected chi connectivity index (χ0v) is 8.40. The number of nitrogens with two attached hydrogens (primary N) is 1. The lowest BCUT2D eigenvalue weighted by Crippen LogP contribution is -2.31. The molecule has 3 heteroatoms. The van der Waals surface area contributed by atoms with Crippen LogP contribution < -0.4 is 5.73 Å². The predicted octanol–water partition coefficient (Wildman–Crippen LogP) is 1.90. The summed E-state index contributed by atoms with van der Waals surface area (Å²) in [5.41, 5.74) is 6.32. The summed E-state index contributed by atoms with van der Waals surface area (Å²) >= 11 is 0. The highest BCUT2D eigenvalue weighted by Gasteiger charge is 2.23. The first-order valence-electron chi connectivity index (χ1n) is 6.02. The molecule has 81 valence electrons. The molecule has 4 N–H and O–H groups in total. The number of rotatable bonds is 1. The zero-order chi connectivity index (χ0) is 12.7. The summed E-state index contributed by atoms with van der Waals surface area (Å²) in [5, 5.41) is 18.7. The first-order valence-corrected chi connectivity index (χ1v) is 5.02. The topological polar surface area (TPSA) is 66.5 Å². The Hall–Kier alpha value is -1.22. The Labute approximate surface area is 92.4 Å². The highest BCUT2D eigenvalue weighted by Crippen LogP contribution is 2.35. The molecular weight excluding hydrogens is 190 g/mol. The van der Waals surface area contributed by atoms with E-state index in [1.807, 2.05) is 0 Å². The smallest absolute Gasteiger partial charge is 0.157 e. The van der Waals surface area contributed by atoms with Crippen LogP contribution in [0.15, 0.2) is 18.2 Å². The quantitative estimate of drug-likeness (QED) is 0.617. The third-order valence-corrected chi connectivity index (χ3v) is 2.67. The van der Waals surface area contributed by atoms with Crippen molar-refractivity contribution in [3.63, 3.8) is 0 Å². The number of benzene rings is 1. The molecule has 0 saturated heterocycles. The molecule has 2 atom stereocenters. The van der Waals surface area contributed by atoms with Crippen molar-refractivity contribution >= 4 is 0 Å². The van der Waals surface area contributed by atoms with Crippen LogP contribution in [0.3, 0.4) is 0 Å². The number of hydrogen-bond acceptors (Lipinski definition) is 3. The van der Waals surface area contributed by atoms with E-state index in [-0.39, 0.29) is 11.5 Å². The van der Waals surface area contributed by atoms with Gasteiger partial charge < -0.3 is 15.9 Å². The molecule has 2 unspecified atom stereocenters. The molecule has 1 aromatic carbocycles. The molecule has 2 rings (SSSR count). The van der Waals surface area contributed by atoms with Gasteiger partial charge >= 0.3 is 0 Å². The van der Waals surface area contributed by atoms with Crippen LogP contribution in [0.4, 0.5) is 0 Å². The predicted molar refractivity (Wildman–Crippen MR) is 58.6 cm³/mol. The Morgan fingerprint density at radius 3 is 2.80 bits per heavy atom. The van der Waals surface area contributed by atoms with Gasteiger partial charge in [0.05, 0.1) is 0 Å². The second kappa shape index (κ2) is 4.11. The van der Waals surface area contributed by atoms with Crippen LogP contribution in [0.5, 0.6) is 11.5 Å². The molecule has 0 spiro atoms. The van der Waals surface area contributed by atoms with Gasteiger partial charge in [-0.15, -0.1) is 0 Å². The normalized spacial score (nSPS) is 38.2. The fourth-order valence-corrected chi connectivity index (χ4v) is 1.83. The molecule has 15 heavy (non-hydrogen) atoms. The minimum absolute atomic E-state index is 0.232. The van der Waals surface area contributed by atoms with Crippen LogP contribution in [0, 0.1) is 6.42 Å². The molecule has 1 aliphatic rings. The summed E-state index contributed by atoms with van der Waals surface area (Å²) in [6.45, 7) is 0. The molecule has 0 heterocycles. The number of phenols is 2. The van der Waals surface area contributed by atoms with Crippen molar-refractivity contribution in [3.8, 4) is 11.5 Å². The third-order valence-electron chi connectivity index (χ3n) is 2.67. The Bertz CT molecular complexity index is 437. The van der Waals surface area contributed by atoms with Gasteiger partial charge in [0.1, 0.15) is 0 Å². The van der Waals surface area contributed by atoms with E-state index >= 15 is 0 Å². The van der Waals surface area contributed by atoms with Crippen molar-refractivity contribution < 1.29 is 13.0 Å². The lowest BCUT2D eigenvalue weighted by Gasteiger charge is -2.28. The van der Waals surface area contributed by atoms with E-state index in [9.17, 15) is 10.2 Å². The van der Waals surface area contributed by atoms with Crippen LogP contribution in [-0.2, 0) is 0 Å². The van der Waals surface area contributed by atoms with Crippen molar-refractivity contribution in [1.82, 2.24) is 0 Å². The Morgan fingerprint density at radius 1 is 1.33 bits per heavy atom. The summed E-state index contributed by atoms with van der Waals surface area (Å²) in [6, 6.07) is 2.70. The lowest BCUT2D eigenvalue weighted by atomic mass is 9.80. The van der Waals surface area contributed by atoms with Crippen LogP contribution >= 0.6 is 0 Å². The maximum atomic E-state index is 9.47. The van der Waals surface area contributed by atoms with Crippen molar-refractivity contribution in [3.05, 3.63) is 30.2 Å². The molecule has 3 nitrogen and oxygen atoms in total. The van der Waals surface area contributed by atoms with Gasteiger partial charge in [0.25, 0.3) is 0 Å². The fraction of sp³-hybridized carbons (Fsp3) is 0.417. The lowest BCUT2D eigenvalue weighted by molar-refractivity contribution is 0.400. The average molecular weight is 208 g/mol. The summed E-state index contributed by atoms with van der Waals surface area (Å²) in [5.74, 6) is -1.79. The zero-order valence-electron chi connectivity index (χ0n) is 10.4. The minimum atomic E-state index is -1.48. The van der Waals surface area contributed by atoms with Crippen molar-refractivity contribution in [2.45, 2.75) is 31.2 Å². The standard InChI is InChI=1S/C12H16NO2/c13-10-4-2-1-3-9(10)8-5-6-11(14)12(15)7-8/h4-7,9-10,14-15H,1-3,13H2/i9D,10D. The third kappa shape index (κ3) is 2.07. The number of hydrogen-bond donors (Lipinski definition) is 3. The summed E-state index contributed by atoms with van der Waals surface area (Å²) in [7, 11) is 0. The molecule has 0 aliphatic heterocycles. The molecule has 1 radical (unpaired) electrons. The Morgan fingerprint density at radius 2 is 2.13 bits per heavy atom. The highest BCUT2D eigenvalue weighted by molar-refractivity contribution is 5.42. The van der Waals surface area contributed by atoms with Gasteiger partial charge in [-0.1, -0.05) is 12.5 Å². The molecule has 0 amide bonds. The first-order chi connectivity index (χ1) is 7.87. The number of phenolic OH excluding ortho intramolecular Hbond substituents is 2. The van der Waals surface area contributed by atoms with Gasteiger partial charge in [-0.05, 0) is 42.9 Å². The maximum absolute atomic E-state index is 9.47. The highest BCUT2D eigenvalue weighted by atomic mass is 16.3. The summed E-state index contributed by atoms with van der Waals surface area (Å²) < 4.78 is 16.4. The van der Waals surface area contributed by atoms with E-state index in [4.69, 9.17) is 8.48 Å². The monoisotopic (exact) mass is 208 g/mol. The van der Waals surface area contributed by atoms with Gasteiger partial charge in [-0.25, -0.2) is 0 Å². The summed E-state index contributed by atoms with van der Waals surface area (Å²) in [4.78, 5) is 0. The van der Waals surface area contributed by atoms with Gasteiger partial charge in [0, 0.05) is 8.76 Å². The molecule has 1 fully saturated rings. The van der Waals surface area contributed by atoms with E-state index < -0.39 is 11.9 Å². The number of aromatic hydroxyl groups is 2. The van der Waals surface area contributed by atoms with E-state index in [1.165, 1.54) is 18.2 Å². The maximum Gasteiger partial charge on any atom is 0.157 e.